The second-order valence-electron chi connectivity index (χ2n) is 5.37. The lowest BCUT2D eigenvalue weighted by atomic mass is 10.1. The van der Waals surface area contributed by atoms with Gasteiger partial charge in [0.25, 0.3) is 0 Å². The minimum Gasteiger partial charge on any atom is -0.416 e. The summed E-state index contributed by atoms with van der Waals surface area (Å²) in [5, 5.41) is 0. The normalized spacial score (nSPS) is 28.3. The molecule has 92 valence electrons. The van der Waals surface area contributed by atoms with Crippen LogP contribution in [0.3, 0.4) is 0 Å². The predicted octanol–water partition coefficient (Wildman–Crippen LogP) is 1.03. The molecule has 0 radical (unpaired) electrons. The summed E-state index contributed by atoms with van der Waals surface area (Å²) in [6.07, 6.45) is 0. The molecule has 0 amide bonds. The van der Waals surface area contributed by atoms with E-state index in [0.717, 1.165) is 46.2 Å². The Kier molecular flexibility index (Phi) is 3.06. The van der Waals surface area contributed by atoms with Gasteiger partial charge in [-0.2, -0.15) is 0 Å². The van der Waals surface area contributed by atoms with Gasteiger partial charge in [-0.25, -0.2) is 0 Å². The van der Waals surface area contributed by atoms with E-state index in [1.165, 1.54) is 0 Å². The Hall–Kier alpha value is 0.0569. The second-order valence-corrected chi connectivity index (χ2v) is 9.66. The van der Waals surface area contributed by atoms with E-state index in [1.54, 1.807) is 0 Å². The molecule has 4 nitrogen and oxygen atoms in total. The summed E-state index contributed by atoms with van der Waals surface area (Å²) in [5.74, 6) is 0.633. The van der Waals surface area contributed by atoms with Gasteiger partial charge in [-0.3, -0.25) is 0 Å². The van der Waals surface area contributed by atoms with Crippen LogP contribution in [-0.2, 0) is 18.6 Å². The van der Waals surface area contributed by atoms with Crippen LogP contribution in [0.5, 0.6) is 0 Å². The molecule has 0 N–H and O–H groups in total. The second kappa shape index (κ2) is 4.38. The molecule has 3 heterocycles. The van der Waals surface area contributed by atoms with Crippen molar-refractivity contribution in [2.24, 2.45) is 5.92 Å². The Bertz CT molecular complexity index is 234. The molecule has 0 aromatic heterocycles. The molecule has 0 aromatic rings. The van der Waals surface area contributed by atoms with Crippen molar-refractivity contribution >= 4 is 8.32 Å². The summed E-state index contributed by atoms with van der Waals surface area (Å²) in [6.45, 7) is 8.63. The van der Waals surface area contributed by atoms with E-state index in [9.17, 15) is 0 Å². The summed E-state index contributed by atoms with van der Waals surface area (Å²) in [5.41, 5.74) is 1.37. The molecular formula is C11H20O4Si. The zero-order chi connectivity index (χ0) is 11.0. The van der Waals surface area contributed by atoms with Gasteiger partial charge >= 0.3 is 0 Å². The molecule has 16 heavy (non-hydrogen) atoms. The largest absolute Gasteiger partial charge is 0.416 e. The minimum atomic E-state index is -1.63. The van der Waals surface area contributed by atoms with Crippen LogP contribution in [0.15, 0.2) is 0 Å². The van der Waals surface area contributed by atoms with Gasteiger partial charge in [-0.05, 0) is 6.55 Å². The van der Waals surface area contributed by atoms with Crippen molar-refractivity contribution < 1.29 is 18.6 Å². The van der Waals surface area contributed by atoms with E-state index in [1.807, 2.05) is 0 Å². The Morgan fingerprint density at radius 3 is 1.75 bits per heavy atom. The van der Waals surface area contributed by atoms with Crippen LogP contribution < -0.4 is 0 Å². The average Bonchev–Trinajstić information content (AvgIpc) is 1.92. The lowest BCUT2D eigenvalue weighted by molar-refractivity contribution is -0.0595. The van der Waals surface area contributed by atoms with Crippen LogP contribution in [0.2, 0.25) is 17.6 Å². The maximum atomic E-state index is 6.34. The molecule has 3 fully saturated rings. The van der Waals surface area contributed by atoms with Gasteiger partial charge in [-0.1, -0.05) is 0 Å². The summed E-state index contributed by atoms with van der Waals surface area (Å²) < 4.78 is 22.2. The van der Waals surface area contributed by atoms with E-state index < -0.39 is 8.32 Å². The third-order valence-corrected chi connectivity index (χ3v) is 8.93. The van der Waals surface area contributed by atoms with Crippen molar-refractivity contribution in [3.8, 4) is 0 Å². The molecule has 0 atom stereocenters. The van der Waals surface area contributed by atoms with Crippen LogP contribution in [-0.4, -0.2) is 54.6 Å². The van der Waals surface area contributed by atoms with Crippen molar-refractivity contribution in [1.29, 1.82) is 0 Å². The first-order chi connectivity index (χ1) is 7.79. The van der Waals surface area contributed by atoms with E-state index in [-0.39, 0.29) is 0 Å². The number of hydrogen-bond donors (Lipinski definition) is 0. The van der Waals surface area contributed by atoms with Crippen molar-refractivity contribution in [3.63, 3.8) is 0 Å². The fourth-order valence-corrected chi connectivity index (χ4v) is 5.91. The molecule has 3 saturated heterocycles. The highest BCUT2D eigenvalue weighted by Crippen LogP contribution is 2.42. The molecule has 0 spiro atoms. The van der Waals surface area contributed by atoms with Gasteiger partial charge in [-0.15, -0.1) is 0 Å². The van der Waals surface area contributed by atoms with Gasteiger partial charge in [0.1, 0.15) is 0 Å². The van der Waals surface area contributed by atoms with Gasteiger partial charge in [0, 0.05) is 23.6 Å². The van der Waals surface area contributed by atoms with E-state index in [0.29, 0.717) is 17.0 Å². The topological polar surface area (TPSA) is 36.9 Å². The molecule has 0 saturated carbocycles. The molecule has 0 unspecified atom stereocenters. The summed E-state index contributed by atoms with van der Waals surface area (Å²) in [4.78, 5) is 0. The van der Waals surface area contributed by atoms with Crippen LogP contribution in [0.25, 0.3) is 0 Å². The Labute approximate surface area is 97.3 Å². The van der Waals surface area contributed by atoms with Crippen LogP contribution >= 0.6 is 0 Å². The molecule has 0 aliphatic carbocycles. The monoisotopic (exact) mass is 244 g/mol. The zero-order valence-corrected chi connectivity index (χ0v) is 10.8. The van der Waals surface area contributed by atoms with Crippen molar-refractivity contribution in [2.45, 2.75) is 17.6 Å². The molecular weight excluding hydrogens is 224 g/mol. The highest BCUT2D eigenvalue weighted by atomic mass is 28.4. The average molecular weight is 244 g/mol. The van der Waals surface area contributed by atoms with Gasteiger partial charge in [0.05, 0.1) is 39.6 Å². The molecule has 3 aliphatic heterocycles. The highest BCUT2D eigenvalue weighted by molar-refractivity contribution is 6.76. The van der Waals surface area contributed by atoms with Crippen LogP contribution in [0, 0.1) is 5.92 Å². The maximum absolute atomic E-state index is 6.34. The predicted molar refractivity (Wildman–Crippen MR) is 61.0 cm³/mol. The molecule has 3 aliphatic rings. The summed E-state index contributed by atoms with van der Waals surface area (Å²) in [7, 11) is -1.63. The standard InChI is InChI=1S/C11H20O4Si/c1-16(10-5-13-6-10,11-7-14-8-11)15-4-9-2-12-3-9/h9-11H,2-8H2,1H3. The smallest absolute Gasteiger partial charge is 0.204 e. The third kappa shape index (κ3) is 1.84. The molecule has 0 aromatic carbocycles. The van der Waals surface area contributed by atoms with Gasteiger partial charge in [0.15, 0.2) is 0 Å². The fraction of sp³-hybridized carbons (Fsp3) is 1.00. The molecule has 5 heteroatoms. The Morgan fingerprint density at radius 2 is 1.44 bits per heavy atom. The van der Waals surface area contributed by atoms with E-state index in [2.05, 4.69) is 6.55 Å². The first-order valence-electron chi connectivity index (χ1n) is 6.16. The van der Waals surface area contributed by atoms with E-state index >= 15 is 0 Å². The lowest BCUT2D eigenvalue weighted by Crippen LogP contribution is -2.58. The summed E-state index contributed by atoms with van der Waals surface area (Å²) >= 11 is 0. The molecule has 3 rings (SSSR count). The van der Waals surface area contributed by atoms with Gasteiger partial charge < -0.3 is 18.6 Å². The van der Waals surface area contributed by atoms with Crippen LogP contribution in [0.4, 0.5) is 0 Å². The minimum absolute atomic E-state index is 0.633. The lowest BCUT2D eigenvalue weighted by Gasteiger charge is -2.48. The quantitative estimate of drug-likeness (QED) is 0.677. The molecule has 0 bridgehead atoms. The third-order valence-electron chi connectivity index (χ3n) is 4.23. The Balaban J connectivity index is 1.58. The summed E-state index contributed by atoms with van der Waals surface area (Å²) in [6, 6.07) is 0. The van der Waals surface area contributed by atoms with Crippen molar-refractivity contribution in [1.82, 2.24) is 0 Å². The van der Waals surface area contributed by atoms with Gasteiger partial charge in [0.2, 0.25) is 8.32 Å². The van der Waals surface area contributed by atoms with E-state index in [4.69, 9.17) is 18.6 Å². The maximum Gasteiger partial charge on any atom is 0.204 e. The van der Waals surface area contributed by atoms with Crippen LogP contribution in [0.1, 0.15) is 0 Å². The first kappa shape index (κ1) is 11.2. The number of rotatable bonds is 5. The SMILES string of the molecule is C[Si](OCC1COC1)(C1COC1)C1COC1. The number of hydrogen-bond acceptors (Lipinski definition) is 4. The van der Waals surface area contributed by atoms with Crippen molar-refractivity contribution in [2.75, 3.05) is 46.2 Å². The highest BCUT2D eigenvalue weighted by Gasteiger charge is 2.52. The Morgan fingerprint density at radius 1 is 0.938 bits per heavy atom. The fourth-order valence-electron chi connectivity index (χ4n) is 2.38. The first-order valence-corrected chi connectivity index (χ1v) is 8.72. The number of ether oxygens (including phenoxy) is 3. The zero-order valence-electron chi connectivity index (χ0n) is 9.81. The van der Waals surface area contributed by atoms with Crippen molar-refractivity contribution in [3.05, 3.63) is 0 Å².